The molecule has 0 aromatic heterocycles. The SMILES string of the molecule is CC(=O)c1ccccc1C(=O)N1CCC2(CCC(CNC(=O)C3CCCCC3)O2)CC1. The van der Waals surface area contributed by atoms with E-state index < -0.39 is 0 Å². The van der Waals surface area contributed by atoms with Crippen LogP contribution in [0, 0.1) is 5.92 Å². The molecular formula is C25H34N2O4. The molecule has 6 nitrogen and oxygen atoms in total. The normalized spacial score (nSPS) is 23.6. The largest absolute Gasteiger partial charge is 0.370 e. The summed E-state index contributed by atoms with van der Waals surface area (Å²) in [6.45, 7) is 3.35. The monoisotopic (exact) mass is 426 g/mol. The second-order valence-corrected chi connectivity index (χ2v) is 9.44. The number of nitrogens with one attached hydrogen (secondary N) is 1. The maximum absolute atomic E-state index is 13.0. The topological polar surface area (TPSA) is 75.7 Å². The smallest absolute Gasteiger partial charge is 0.254 e. The first-order chi connectivity index (χ1) is 15.0. The van der Waals surface area contributed by atoms with Gasteiger partial charge >= 0.3 is 0 Å². The second kappa shape index (κ2) is 9.51. The van der Waals surface area contributed by atoms with Crippen LogP contribution >= 0.6 is 0 Å². The summed E-state index contributed by atoms with van der Waals surface area (Å²) in [5.41, 5.74) is 0.789. The third-order valence-corrected chi connectivity index (χ3v) is 7.32. The Balaban J connectivity index is 1.27. The number of benzene rings is 1. The standard InChI is InChI=1S/C25H34N2O4/c1-18(28)21-9-5-6-10-22(21)24(30)27-15-13-25(14-16-27)12-11-20(31-25)17-26-23(29)19-7-3-2-4-8-19/h5-6,9-10,19-20H,2-4,7-8,11-17H2,1H3,(H,26,29). The third-order valence-electron chi connectivity index (χ3n) is 7.32. The van der Waals surface area contributed by atoms with Crippen molar-refractivity contribution in [2.75, 3.05) is 19.6 Å². The number of piperidine rings is 1. The number of rotatable bonds is 5. The van der Waals surface area contributed by atoms with Crippen LogP contribution in [0.15, 0.2) is 24.3 Å². The van der Waals surface area contributed by atoms with E-state index in [1.54, 1.807) is 24.3 Å². The zero-order valence-electron chi connectivity index (χ0n) is 18.5. The lowest BCUT2D eigenvalue weighted by atomic mass is 9.88. The van der Waals surface area contributed by atoms with E-state index in [0.717, 1.165) is 51.4 Å². The first kappa shape index (κ1) is 22.0. The summed E-state index contributed by atoms with van der Waals surface area (Å²) in [5, 5.41) is 3.12. The van der Waals surface area contributed by atoms with Gasteiger partial charge in [0.2, 0.25) is 5.91 Å². The van der Waals surface area contributed by atoms with Crippen LogP contribution in [0.1, 0.15) is 85.4 Å². The van der Waals surface area contributed by atoms with E-state index in [4.69, 9.17) is 4.74 Å². The van der Waals surface area contributed by atoms with Crippen molar-refractivity contribution in [1.82, 2.24) is 10.2 Å². The fraction of sp³-hybridized carbons (Fsp3) is 0.640. The molecule has 1 saturated carbocycles. The number of ether oxygens (including phenoxy) is 1. The zero-order valence-corrected chi connectivity index (χ0v) is 18.5. The molecule has 2 saturated heterocycles. The molecule has 0 bridgehead atoms. The molecule has 1 N–H and O–H groups in total. The zero-order chi connectivity index (χ0) is 21.8. The molecule has 168 valence electrons. The molecule has 2 heterocycles. The number of hydrogen-bond donors (Lipinski definition) is 1. The number of amides is 2. The highest BCUT2D eigenvalue weighted by Gasteiger charge is 2.43. The number of ketones is 1. The summed E-state index contributed by atoms with van der Waals surface area (Å²) < 4.78 is 6.42. The van der Waals surface area contributed by atoms with Crippen molar-refractivity contribution in [3.05, 3.63) is 35.4 Å². The van der Waals surface area contributed by atoms with Crippen molar-refractivity contribution in [2.45, 2.75) is 76.4 Å². The Morgan fingerprint density at radius 2 is 1.68 bits per heavy atom. The van der Waals surface area contributed by atoms with Crippen LogP contribution in [-0.4, -0.2) is 53.8 Å². The van der Waals surface area contributed by atoms with E-state index in [1.807, 2.05) is 4.90 Å². The van der Waals surface area contributed by atoms with Gasteiger partial charge in [0.25, 0.3) is 5.91 Å². The molecule has 1 unspecified atom stereocenters. The summed E-state index contributed by atoms with van der Waals surface area (Å²) in [6, 6.07) is 7.05. The van der Waals surface area contributed by atoms with Crippen LogP contribution in [0.5, 0.6) is 0 Å². The van der Waals surface area contributed by atoms with E-state index in [-0.39, 0.29) is 35.2 Å². The molecule has 1 aliphatic carbocycles. The number of carbonyl (C=O) groups is 3. The van der Waals surface area contributed by atoms with Gasteiger partial charge in [-0.25, -0.2) is 0 Å². The lowest BCUT2D eigenvalue weighted by molar-refractivity contribution is -0.127. The predicted molar refractivity (Wildman–Crippen MR) is 118 cm³/mol. The molecule has 6 heteroatoms. The maximum atomic E-state index is 13.0. The Morgan fingerprint density at radius 1 is 1.00 bits per heavy atom. The minimum atomic E-state index is -0.183. The Labute approximate surface area is 184 Å². The number of nitrogens with zero attached hydrogens (tertiary/aromatic N) is 1. The third kappa shape index (κ3) is 5.00. The Morgan fingerprint density at radius 3 is 2.35 bits per heavy atom. The van der Waals surface area contributed by atoms with E-state index in [1.165, 1.54) is 13.3 Å². The van der Waals surface area contributed by atoms with Crippen LogP contribution in [-0.2, 0) is 9.53 Å². The van der Waals surface area contributed by atoms with Gasteiger partial charge in [0.1, 0.15) is 0 Å². The molecule has 31 heavy (non-hydrogen) atoms. The van der Waals surface area contributed by atoms with E-state index >= 15 is 0 Å². The molecule has 1 atom stereocenters. The molecule has 1 aromatic rings. The van der Waals surface area contributed by atoms with Crippen LogP contribution in [0.2, 0.25) is 0 Å². The van der Waals surface area contributed by atoms with Gasteiger partial charge in [0.05, 0.1) is 17.3 Å². The number of carbonyl (C=O) groups excluding carboxylic acids is 3. The van der Waals surface area contributed by atoms with Crippen molar-refractivity contribution in [2.24, 2.45) is 5.92 Å². The fourth-order valence-corrected chi connectivity index (χ4v) is 5.39. The summed E-state index contributed by atoms with van der Waals surface area (Å²) in [4.78, 5) is 39.1. The number of likely N-dealkylation sites (tertiary alicyclic amines) is 1. The van der Waals surface area contributed by atoms with Gasteiger partial charge in [0, 0.05) is 31.1 Å². The first-order valence-electron chi connectivity index (χ1n) is 11.8. The van der Waals surface area contributed by atoms with Gasteiger partial charge < -0.3 is 15.0 Å². The van der Waals surface area contributed by atoms with Crippen LogP contribution < -0.4 is 5.32 Å². The van der Waals surface area contributed by atoms with Gasteiger partial charge in [-0.3, -0.25) is 14.4 Å². The minimum Gasteiger partial charge on any atom is -0.370 e. The molecular weight excluding hydrogens is 392 g/mol. The molecule has 3 aliphatic rings. The maximum Gasteiger partial charge on any atom is 0.254 e. The van der Waals surface area contributed by atoms with E-state index in [2.05, 4.69) is 5.32 Å². The van der Waals surface area contributed by atoms with Crippen LogP contribution in [0.3, 0.4) is 0 Å². The number of Topliss-reactive ketones (excluding diaryl/α,β-unsaturated/α-hetero) is 1. The quantitative estimate of drug-likeness (QED) is 0.728. The van der Waals surface area contributed by atoms with Crippen molar-refractivity contribution >= 4 is 17.6 Å². The molecule has 4 rings (SSSR count). The Bertz CT molecular complexity index is 823. The second-order valence-electron chi connectivity index (χ2n) is 9.44. The predicted octanol–water partition coefficient (Wildman–Crippen LogP) is 3.74. The summed E-state index contributed by atoms with van der Waals surface area (Å²) in [7, 11) is 0. The number of hydrogen-bond acceptors (Lipinski definition) is 4. The molecule has 2 aliphatic heterocycles. The summed E-state index contributed by atoms with van der Waals surface area (Å²) in [6.07, 6.45) is 9.18. The summed E-state index contributed by atoms with van der Waals surface area (Å²) in [5.74, 6) is 0.203. The van der Waals surface area contributed by atoms with Crippen molar-refractivity contribution in [3.8, 4) is 0 Å². The minimum absolute atomic E-state index is 0.0632. The highest BCUT2D eigenvalue weighted by atomic mass is 16.5. The lowest BCUT2D eigenvalue weighted by Crippen LogP contribution is -2.47. The highest BCUT2D eigenvalue weighted by Crippen LogP contribution is 2.39. The average molecular weight is 427 g/mol. The average Bonchev–Trinajstić information content (AvgIpc) is 3.20. The van der Waals surface area contributed by atoms with E-state index in [0.29, 0.717) is 30.8 Å². The Kier molecular flexibility index (Phi) is 6.75. The van der Waals surface area contributed by atoms with Crippen molar-refractivity contribution in [3.63, 3.8) is 0 Å². The first-order valence-corrected chi connectivity index (χ1v) is 11.8. The van der Waals surface area contributed by atoms with Gasteiger partial charge in [0.15, 0.2) is 5.78 Å². The van der Waals surface area contributed by atoms with Crippen LogP contribution in [0.4, 0.5) is 0 Å². The lowest BCUT2D eigenvalue weighted by Gasteiger charge is -2.39. The molecule has 3 fully saturated rings. The summed E-state index contributed by atoms with van der Waals surface area (Å²) >= 11 is 0. The Hall–Kier alpha value is -2.21. The van der Waals surface area contributed by atoms with Gasteiger partial charge in [-0.15, -0.1) is 0 Å². The molecule has 1 aromatic carbocycles. The molecule has 1 spiro atoms. The molecule has 2 amide bonds. The van der Waals surface area contributed by atoms with Crippen molar-refractivity contribution < 1.29 is 19.1 Å². The fourth-order valence-electron chi connectivity index (χ4n) is 5.39. The van der Waals surface area contributed by atoms with Crippen molar-refractivity contribution in [1.29, 1.82) is 0 Å². The van der Waals surface area contributed by atoms with Gasteiger partial charge in [-0.2, -0.15) is 0 Å². The molecule has 0 radical (unpaired) electrons. The van der Waals surface area contributed by atoms with E-state index in [9.17, 15) is 14.4 Å². The van der Waals surface area contributed by atoms with Gasteiger partial charge in [-0.05, 0) is 51.5 Å². The highest BCUT2D eigenvalue weighted by molar-refractivity contribution is 6.07. The van der Waals surface area contributed by atoms with Crippen LogP contribution in [0.25, 0.3) is 0 Å². The van der Waals surface area contributed by atoms with Gasteiger partial charge in [-0.1, -0.05) is 37.5 Å².